The fourth-order valence-corrected chi connectivity index (χ4v) is 3.03. The fourth-order valence-electron chi connectivity index (χ4n) is 2.12. The van der Waals surface area contributed by atoms with E-state index in [4.69, 9.17) is 9.72 Å². The van der Waals surface area contributed by atoms with Gasteiger partial charge in [0.15, 0.2) is 5.13 Å². The van der Waals surface area contributed by atoms with Gasteiger partial charge in [-0.1, -0.05) is 12.1 Å². The molecule has 2 aromatic rings. The molecule has 0 aliphatic rings. The van der Waals surface area contributed by atoms with Crippen LogP contribution < -0.4 is 10.2 Å². The van der Waals surface area contributed by atoms with E-state index in [1.54, 1.807) is 18.4 Å². The van der Waals surface area contributed by atoms with Crippen molar-refractivity contribution >= 4 is 22.2 Å². The van der Waals surface area contributed by atoms with Crippen molar-refractivity contribution in [1.82, 2.24) is 10.3 Å². The number of aromatic nitrogens is 1. The van der Waals surface area contributed by atoms with Crippen molar-refractivity contribution in [2.75, 3.05) is 31.7 Å². The molecule has 0 unspecified atom stereocenters. The van der Waals surface area contributed by atoms with Gasteiger partial charge in [-0.3, -0.25) is 0 Å². The minimum Gasteiger partial charge on any atom is -0.383 e. The Morgan fingerprint density at radius 2 is 2.24 bits per heavy atom. The van der Waals surface area contributed by atoms with Crippen molar-refractivity contribution in [2.24, 2.45) is 0 Å². The minimum atomic E-state index is 0.724. The summed E-state index contributed by atoms with van der Waals surface area (Å²) in [5, 5.41) is 6.49. The van der Waals surface area contributed by atoms with E-state index in [1.165, 1.54) is 11.3 Å². The van der Waals surface area contributed by atoms with E-state index in [1.807, 2.05) is 0 Å². The maximum Gasteiger partial charge on any atom is 0.190 e. The van der Waals surface area contributed by atoms with Gasteiger partial charge in [0, 0.05) is 37.8 Å². The molecule has 0 fully saturated rings. The fraction of sp³-hybridized carbons (Fsp3) is 0.438. The van der Waals surface area contributed by atoms with Crippen molar-refractivity contribution in [3.8, 4) is 0 Å². The van der Waals surface area contributed by atoms with Crippen molar-refractivity contribution < 1.29 is 4.74 Å². The summed E-state index contributed by atoms with van der Waals surface area (Å²) in [6, 6.07) is 8.54. The molecule has 5 heteroatoms. The lowest BCUT2D eigenvalue weighted by Crippen LogP contribution is -2.19. The predicted molar refractivity (Wildman–Crippen MR) is 89.6 cm³/mol. The lowest BCUT2D eigenvalue weighted by molar-refractivity contribution is 0.199. The Morgan fingerprint density at radius 3 is 2.95 bits per heavy atom. The normalized spacial score (nSPS) is 10.8. The number of rotatable bonds is 8. The maximum absolute atomic E-state index is 5.02. The molecule has 0 bridgehead atoms. The number of benzene rings is 1. The average Bonchev–Trinajstić information content (AvgIpc) is 2.93. The molecule has 0 amide bonds. The van der Waals surface area contributed by atoms with E-state index in [9.17, 15) is 0 Å². The van der Waals surface area contributed by atoms with Crippen LogP contribution in [0.15, 0.2) is 29.6 Å². The second kappa shape index (κ2) is 8.12. The number of nitrogens with one attached hydrogen (secondary N) is 1. The first-order valence-corrected chi connectivity index (χ1v) is 8.10. The largest absolute Gasteiger partial charge is 0.383 e. The first-order valence-electron chi connectivity index (χ1n) is 7.23. The van der Waals surface area contributed by atoms with Crippen LogP contribution in [0.2, 0.25) is 0 Å². The van der Waals surface area contributed by atoms with Gasteiger partial charge in [-0.25, -0.2) is 4.98 Å². The standard InChI is InChI=1S/C16H23N3OS/c1-4-19(15-7-5-6-13(2)10-15)16-18-14(12-21-16)11-17-8-9-20-3/h5-7,10,12,17H,4,8-9,11H2,1-3H3. The van der Waals surface area contributed by atoms with E-state index >= 15 is 0 Å². The number of anilines is 2. The van der Waals surface area contributed by atoms with Crippen LogP contribution in [0, 0.1) is 6.92 Å². The molecule has 0 radical (unpaired) electrons. The summed E-state index contributed by atoms with van der Waals surface area (Å²) in [6.45, 7) is 7.53. The van der Waals surface area contributed by atoms with Crippen molar-refractivity contribution in [2.45, 2.75) is 20.4 Å². The summed E-state index contributed by atoms with van der Waals surface area (Å²) in [7, 11) is 1.71. The monoisotopic (exact) mass is 305 g/mol. The van der Waals surface area contributed by atoms with Crippen molar-refractivity contribution in [3.05, 3.63) is 40.9 Å². The molecule has 0 aliphatic heterocycles. The zero-order chi connectivity index (χ0) is 15.1. The van der Waals surface area contributed by atoms with E-state index in [0.29, 0.717) is 0 Å². The van der Waals surface area contributed by atoms with Crippen LogP contribution in [-0.4, -0.2) is 31.8 Å². The smallest absolute Gasteiger partial charge is 0.190 e. The summed E-state index contributed by atoms with van der Waals surface area (Å²) >= 11 is 1.69. The lowest BCUT2D eigenvalue weighted by atomic mass is 10.2. The van der Waals surface area contributed by atoms with E-state index in [0.717, 1.165) is 37.1 Å². The third-order valence-electron chi connectivity index (χ3n) is 3.19. The lowest BCUT2D eigenvalue weighted by Gasteiger charge is -2.20. The van der Waals surface area contributed by atoms with Gasteiger partial charge in [-0.15, -0.1) is 11.3 Å². The molecule has 0 aliphatic carbocycles. The van der Waals surface area contributed by atoms with Gasteiger partial charge in [-0.2, -0.15) is 0 Å². The molecule has 1 aromatic heterocycles. The molecule has 0 saturated carbocycles. The third kappa shape index (κ3) is 4.52. The van der Waals surface area contributed by atoms with Crippen LogP contribution in [0.3, 0.4) is 0 Å². The number of hydrogen-bond donors (Lipinski definition) is 1. The molecular weight excluding hydrogens is 282 g/mol. The Morgan fingerprint density at radius 1 is 1.38 bits per heavy atom. The molecule has 1 heterocycles. The maximum atomic E-state index is 5.02. The summed E-state index contributed by atoms with van der Waals surface area (Å²) in [5.41, 5.74) is 3.55. The first-order chi connectivity index (χ1) is 10.2. The Bertz CT molecular complexity index is 556. The first kappa shape index (κ1) is 15.9. The van der Waals surface area contributed by atoms with E-state index < -0.39 is 0 Å². The highest BCUT2D eigenvalue weighted by Crippen LogP contribution is 2.28. The van der Waals surface area contributed by atoms with Gasteiger partial charge in [0.25, 0.3) is 0 Å². The molecule has 0 saturated heterocycles. The van der Waals surface area contributed by atoms with Crippen LogP contribution in [0.25, 0.3) is 0 Å². The molecular formula is C16H23N3OS. The molecule has 0 spiro atoms. The van der Waals surface area contributed by atoms with Gasteiger partial charge in [0.2, 0.25) is 0 Å². The van der Waals surface area contributed by atoms with Gasteiger partial charge in [-0.05, 0) is 31.5 Å². The molecule has 1 N–H and O–H groups in total. The number of ether oxygens (including phenoxy) is 1. The van der Waals surface area contributed by atoms with E-state index in [2.05, 4.69) is 53.7 Å². The summed E-state index contributed by atoms with van der Waals surface area (Å²) in [4.78, 5) is 6.97. The highest BCUT2D eigenvalue weighted by atomic mass is 32.1. The molecule has 1 aromatic carbocycles. The summed E-state index contributed by atoms with van der Waals surface area (Å²) in [5.74, 6) is 0. The second-order valence-electron chi connectivity index (χ2n) is 4.87. The quantitative estimate of drug-likeness (QED) is 0.759. The number of thiazole rings is 1. The van der Waals surface area contributed by atoms with Gasteiger partial charge < -0.3 is 15.0 Å². The third-order valence-corrected chi connectivity index (χ3v) is 4.10. The highest BCUT2D eigenvalue weighted by molar-refractivity contribution is 7.13. The Balaban J connectivity index is 2.04. The Labute approximate surface area is 130 Å². The SMILES string of the molecule is CCN(c1cccc(C)c1)c1nc(CNCCOC)cs1. The number of hydrogen-bond acceptors (Lipinski definition) is 5. The molecule has 21 heavy (non-hydrogen) atoms. The summed E-state index contributed by atoms with van der Waals surface area (Å²) in [6.07, 6.45) is 0. The molecule has 4 nitrogen and oxygen atoms in total. The summed E-state index contributed by atoms with van der Waals surface area (Å²) < 4.78 is 5.02. The van der Waals surface area contributed by atoms with Crippen LogP contribution in [0.1, 0.15) is 18.2 Å². The minimum absolute atomic E-state index is 0.724. The zero-order valence-corrected chi connectivity index (χ0v) is 13.7. The number of aryl methyl sites for hydroxylation is 1. The van der Waals surface area contributed by atoms with Crippen LogP contribution in [0.5, 0.6) is 0 Å². The van der Waals surface area contributed by atoms with Crippen LogP contribution in [0.4, 0.5) is 10.8 Å². The highest BCUT2D eigenvalue weighted by Gasteiger charge is 2.11. The van der Waals surface area contributed by atoms with Crippen LogP contribution >= 0.6 is 11.3 Å². The number of nitrogens with zero attached hydrogens (tertiary/aromatic N) is 2. The predicted octanol–water partition coefficient (Wildman–Crippen LogP) is 3.35. The molecule has 0 atom stereocenters. The molecule has 114 valence electrons. The Hall–Kier alpha value is -1.43. The number of methoxy groups -OCH3 is 1. The van der Waals surface area contributed by atoms with Crippen molar-refractivity contribution in [1.29, 1.82) is 0 Å². The Kier molecular flexibility index (Phi) is 6.17. The average molecular weight is 305 g/mol. The van der Waals surface area contributed by atoms with Crippen molar-refractivity contribution in [3.63, 3.8) is 0 Å². The second-order valence-corrected chi connectivity index (χ2v) is 5.71. The van der Waals surface area contributed by atoms with E-state index in [-0.39, 0.29) is 0 Å². The van der Waals surface area contributed by atoms with Gasteiger partial charge >= 0.3 is 0 Å². The molecule has 2 rings (SSSR count). The topological polar surface area (TPSA) is 37.4 Å². The van der Waals surface area contributed by atoms with Gasteiger partial charge in [0.05, 0.1) is 12.3 Å². The van der Waals surface area contributed by atoms with Gasteiger partial charge in [0.1, 0.15) is 0 Å². The zero-order valence-electron chi connectivity index (χ0n) is 12.9. The van der Waals surface area contributed by atoms with Crippen LogP contribution in [-0.2, 0) is 11.3 Å².